The molecule has 14 heavy (non-hydrogen) atoms. The predicted octanol–water partition coefficient (Wildman–Crippen LogP) is 1.82. The third-order valence-electron chi connectivity index (χ3n) is 2.19. The third kappa shape index (κ3) is 2.80. The van der Waals surface area contributed by atoms with E-state index in [1.54, 1.807) is 18.5 Å². The maximum Gasteiger partial charge on any atom is 0.0664 e. The van der Waals surface area contributed by atoms with Gasteiger partial charge in [-0.05, 0) is 12.0 Å². The number of nitrogen functional groups attached to an aromatic ring is 1. The highest BCUT2D eigenvalue weighted by Crippen LogP contribution is 2.16. The summed E-state index contributed by atoms with van der Waals surface area (Å²) in [5.74, 6) is 1.13. The fourth-order valence-corrected chi connectivity index (χ4v) is 2.53. The zero-order valence-corrected chi connectivity index (χ0v) is 9.38. The first-order valence-corrected chi connectivity index (χ1v) is 6.05. The minimum Gasteiger partial charge on any atom is -0.396 e. The molecule has 0 saturated carbocycles. The van der Waals surface area contributed by atoms with Gasteiger partial charge in [-0.25, -0.2) is 0 Å². The van der Waals surface area contributed by atoms with Crippen molar-refractivity contribution in [3.8, 4) is 0 Å². The Balaban J connectivity index is 2.75. The minimum atomic E-state index is -0.990. The lowest BCUT2D eigenvalue weighted by atomic mass is 10.2. The Morgan fingerprint density at radius 2 is 2.36 bits per heavy atom. The number of pyridine rings is 1. The van der Waals surface area contributed by atoms with E-state index in [1.165, 1.54) is 0 Å². The summed E-state index contributed by atoms with van der Waals surface area (Å²) in [6, 6.07) is 1.73. The van der Waals surface area contributed by atoms with Crippen molar-refractivity contribution in [2.24, 2.45) is 5.92 Å². The largest absolute Gasteiger partial charge is 0.396 e. The van der Waals surface area contributed by atoms with Crippen LogP contribution in [0.25, 0.3) is 0 Å². The van der Waals surface area contributed by atoms with E-state index in [2.05, 4.69) is 18.8 Å². The fourth-order valence-electron chi connectivity index (χ4n) is 1.07. The summed E-state index contributed by atoms with van der Waals surface area (Å²) in [6.07, 6.45) is 4.21. The summed E-state index contributed by atoms with van der Waals surface area (Å²) >= 11 is 0. The Labute approximate surface area is 87.2 Å². The van der Waals surface area contributed by atoms with E-state index in [4.69, 9.17) is 5.73 Å². The van der Waals surface area contributed by atoms with Crippen LogP contribution in [0.15, 0.2) is 23.4 Å². The molecule has 0 aliphatic rings. The summed E-state index contributed by atoms with van der Waals surface area (Å²) in [6.45, 7) is 4.19. The first-order valence-electron chi connectivity index (χ1n) is 4.73. The number of nitrogens with two attached hydrogens (primary N) is 1. The molecule has 0 saturated heterocycles. The summed E-state index contributed by atoms with van der Waals surface area (Å²) < 4.78 is 11.8. The third-order valence-corrected chi connectivity index (χ3v) is 3.92. The number of aromatic nitrogens is 1. The predicted molar refractivity (Wildman–Crippen MR) is 59.4 cm³/mol. The van der Waals surface area contributed by atoms with Crippen LogP contribution in [0.3, 0.4) is 0 Å². The van der Waals surface area contributed by atoms with Gasteiger partial charge in [0.25, 0.3) is 0 Å². The molecule has 0 bridgehead atoms. The Hall–Kier alpha value is -0.900. The Kier molecular flexibility index (Phi) is 4.07. The molecule has 1 aromatic rings. The van der Waals surface area contributed by atoms with E-state index >= 15 is 0 Å². The number of anilines is 1. The van der Waals surface area contributed by atoms with Gasteiger partial charge in [-0.2, -0.15) is 0 Å². The van der Waals surface area contributed by atoms with Crippen molar-refractivity contribution in [3.63, 3.8) is 0 Å². The SMILES string of the molecule is CCC(C)CS(=O)c1ccncc1N. The molecule has 0 amide bonds. The second-order valence-electron chi connectivity index (χ2n) is 3.44. The van der Waals surface area contributed by atoms with Crippen LogP contribution in [0, 0.1) is 5.92 Å². The summed E-state index contributed by atoms with van der Waals surface area (Å²) in [5.41, 5.74) is 6.21. The van der Waals surface area contributed by atoms with Crippen molar-refractivity contribution in [1.82, 2.24) is 4.98 Å². The molecule has 4 heteroatoms. The van der Waals surface area contributed by atoms with Gasteiger partial charge in [0.1, 0.15) is 0 Å². The van der Waals surface area contributed by atoms with Gasteiger partial charge in [-0.3, -0.25) is 9.19 Å². The van der Waals surface area contributed by atoms with Gasteiger partial charge in [0, 0.05) is 11.9 Å². The molecule has 78 valence electrons. The van der Waals surface area contributed by atoms with E-state index in [9.17, 15) is 4.21 Å². The average Bonchev–Trinajstić information content (AvgIpc) is 2.18. The van der Waals surface area contributed by atoms with Gasteiger partial charge in [0.15, 0.2) is 0 Å². The lowest BCUT2D eigenvalue weighted by Gasteiger charge is -2.09. The smallest absolute Gasteiger partial charge is 0.0664 e. The normalized spacial score (nSPS) is 15.0. The molecule has 0 spiro atoms. The highest BCUT2D eigenvalue weighted by molar-refractivity contribution is 7.85. The van der Waals surface area contributed by atoms with Crippen LogP contribution in [0.5, 0.6) is 0 Å². The standard InChI is InChI=1S/C10H16N2OS/c1-3-8(2)7-14(13)10-4-5-12-6-9(10)11/h4-6,8H,3,7,11H2,1-2H3. The highest BCUT2D eigenvalue weighted by atomic mass is 32.2. The van der Waals surface area contributed by atoms with Gasteiger partial charge in [-0.15, -0.1) is 0 Å². The maximum atomic E-state index is 11.8. The number of rotatable bonds is 4. The molecule has 2 atom stereocenters. The molecule has 0 aliphatic carbocycles. The second kappa shape index (κ2) is 5.10. The van der Waals surface area contributed by atoms with Crippen molar-refractivity contribution in [1.29, 1.82) is 0 Å². The van der Waals surface area contributed by atoms with Crippen LogP contribution in [0.2, 0.25) is 0 Å². The molecule has 0 radical (unpaired) electrons. The molecule has 0 aromatic carbocycles. The number of nitrogens with zero attached hydrogens (tertiary/aromatic N) is 1. The Morgan fingerprint density at radius 3 is 2.93 bits per heavy atom. The molecule has 1 heterocycles. The Morgan fingerprint density at radius 1 is 1.64 bits per heavy atom. The number of hydrogen-bond acceptors (Lipinski definition) is 3. The van der Waals surface area contributed by atoms with Crippen LogP contribution >= 0.6 is 0 Å². The minimum absolute atomic E-state index is 0.461. The van der Waals surface area contributed by atoms with Gasteiger partial charge in [0.05, 0.1) is 27.6 Å². The van der Waals surface area contributed by atoms with Crippen molar-refractivity contribution < 1.29 is 4.21 Å². The van der Waals surface area contributed by atoms with Gasteiger partial charge in [0.2, 0.25) is 0 Å². The van der Waals surface area contributed by atoms with Crippen molar-refractivity contribution in [2.75, 3.05) is 11.5 Å². The highest BCUT2D eigenvalue weighted by Gasteiger charge is 2.10. The first-order chi connectivity index (χ1) is 6.65. The quantitative estimate of drug-likeness (QED) is 0.828. The van der Waals surface area contributed by atoms with E-state index in [1.807, 2.05) is 0 Å². The molecule has 3 nitrogen and oxygen atoms in total. The van der Waals surface area contributed by atoms with Crippen LogP contribution in [-0.4, -0.2) is 14.9 Å². The zero-order valence-electron chi connectivity index (χ0n) is 8.56. The molecule has 2 N–H and O–H groups in total. The van der Waals surface area contributed by atoms with E-state index in [0.717, 1.165) is 6.42 Å². The van der Waals surface area contributed by atoms with E-state index in [0.29, 0.717) is 22.3 Å². The molecule has 1 aromatic heterocycles. The van der Waals surface area contributed by atoms with Gasteiger partial charge < -0.3 is 5.73 Å². The number of hydrogen-bond donors (Lipinski definition) is 1. The maximum absolute atomic E-state index is 11.8. The van der Waals surface area contributed by atoms with Crippen molar-refractivity contribution in [3.05, 3.63) is 18.5 Å². The van der Waals surface area contributed by atoms with Crippen LogP contribution < -0.4 is 5.73 Å². The Bertz CT molecular complexity index is 328. The molecule has 2 unspecified atom stereocenters. The lowest BCUT2D eigenvalue weighted by molar-refractivity contribution is 0.616. The molecule has 1 rings (SSSR count). The zero-order chi connectivity index (χ0) is 10.6. The summed E-state index contributed by atoms with van der Waals surface area (Å²) in [7, 11) is -0.990. The van der Waals surface area contributed by atoms with Crippen LogP contribution in [0.4, 0.5) is 5.69 Å². The van der Waals surface area contributed by atoms with E-state index < -0.39 is 10.8 Å². The fraction of sp³-hybridized carbons (Fsp3) is 0.500. The lowest BCUT2D eigenvalue weighted by Crippen LogP contribution is -2.09. The molecular weight excluding hydrogens is 196 g/mol. The molecular formula is C10H16N2OS. The average molecular weight is 212 g/mol. The van der Waals surface area contributed by atoms with Gasteiger partial charge in [-0.1, -0.05) is 20.3 Å². The molecule has 0 aliphatic heterocycles. The van der Waals surface area contributed by atoms with E-state index in [-0.39, 0.29) is 0 Å². The van der Waals surface area contributed by atoms with Crippen molar-refractivity contribution in [2.45, 2.75) is 25.2 Å². The monoisotopic (exact) mass is 212 g/mol. The van der Waals surface area contributed by atoms with Crippen LogP contribution in [0.1, 0.15) is 20.3 Å². The first kappa shape index (κ1) is 11.2. The topological polar surface area (TPSA) is 56.0 Å². The second-order valence-corrected chi connectivity index (χ2v) is 4.90. The van der Waals surface area contributed by atoms with Crippen LogP contribution in [-0.2, 0) is 10.8 Å². The summed E-state index contributed by atoms with van der Waals surface area (Å²) in [4.78, 5) is 4.58. The van der Waals surface area contributed by atoms with Gasteiger partial charge >= 0.3 is 0 Å². The summed E-state index contributed by atoms with van der Waals surface area (Å²) in [5, 5.41) is 0. The van der Waals surface area contributed by atoms with Crippen molar-refractivity contribution >= 4 is 16.5 Å². The molecule has 0 fully saturated rings.